The van der Waals surface area contributed by atoms with Crippen LogP contribution in [0, 0.1) is 6.92 Å². The van der Waals surface area contributed by atoms with Gasteiger partial charge < -0.3 is 19.9 Å². The number of allylic oxidation sites excluding steroid dienone is 4. The molecule has 0 saturated carbocycles. The first-order valence-electron chi connectivity index (χ1n) is 14.3. The maximum absolute atomic E-state index is 6.24. The third kappa shape index (κ3) is 9.86. The van der Waals surface area contributed by atoms with E-state index < -0.39 is 16.6 Å². The molecule has 218 valence electrons. The minimum atomic E-state index is -2.06. The Morgan fingerprint density at radius 3 is 1.29 bits per heavy atom. The Hall–Kier alpha value is -3.43. The minimum Gasteiger partial charge on any atom is -0.412 e. The molecule has 0 aromatic heterocycles. The highest BCUT2D eigenvalue weighted by molar-refractivity contribution is 6.87. The second kappa shape index (κ2) is 17.4. The summed E-state index contributed by atoms with van der Waals surface area (Å²) in [6.07, 6.45) is 7.84. The van der Waals surface area contributed by atoms with Gasteiger partial charge in [0.05, 0.1) is 0 Å². The Morgan fingerprint density at radius 2 is 0.951 bits per heavy atom. The van der Waals surface area contributed by atoms with Crippen molar-refractivity contribution < 1.29 is 8.85 Å². The largest absolute Gasteiger partial charge is 0.412 e. The van der Waals surface area contributed by atoms with E-state index in [4.69, 9.17) is 14.6 Å². The van der Waals surface area contributed by atoms with E-state index in [-0.39, 0.29) is 0 Å². The topological polar surface area (TPSA) is 56.5 Å². The molecule has 0 saturated heterocycles. The van der Waals surface area contributed by atoms with Crippen LogP contribution in [0.5, 0.6) is 0 Å². The first kappa shape index (κ1) is 33.8. The van der Waals surface area contributed by atoms with Crippen LogP contribution in [0.2, 0.25) is 24.2 Å². The highest BCUT2D eigenvalue weighted by Crippen LogP contribution is 2.22. The molecule has 0 fully saturated rings. The van der Waals surface area contributed by atoms with Crippen molar-refractivity contribution in [2.75, 3.05) is 24.3 Å². The zero-order valence-corrected chi connectivity index (χ0v) is 27.2. The summed E-state index contributed by atoms with van der Waals surface area (Å²) in [5, 5.41) is 5.99. The van der Waals surface area contributed by atoms with Crippen LogP contribution >= 0.6 is 0 Å². The molecule has 41 heavy (non-hydrogen) atoms. The smallest absolute Gasteiger partial charge is 0.231 e. The summed E-state index contributed by atoms with van der Waals surface area (Å²) in [7, 11) is -4.04. The first-order chi connectivity index (χ1) is 19.8. The van der Waals surface area contributed by atoms with Crippen LogP contribution in [-0.4, -0.2) is 29.8 Å². The fourth-order valence-electron chi connectivity index (χ4n) is 4.97. The number of nitrogens with two attached hydrogens (primary N) is 1. The molecule has 3 aromatic carbocycles. The molecule has 0 aliphatic heterocycles. The number of rotatable bonds is 16. The predicted octanol–water partition coefficient (Wildman–Crippen LogP) is 8.13. The van der Waals surface area contributed by atoms with Crippen molar-refractivity contribution >= 4 is 44.1 Å². The van der Waals surface area contributed by atoms with E-state index in [0.717, 1.165) is 54.5 Å². The lowest BCUT2D eigenvalue weighted by Crippen LogP contribution is -2.50. The van der Waals surface area contributed by atoms with Crippen LogP contribution in [0.1, 0.15) is 19.4 Å². The van der Waals surface area contributed by atoms with E-state index in [0.29, 0.717) is 0 Å². The van der Waals surface area contributed by atoms with Crippen molar-refractivity contribution in [1.82, 2.24) is 0 Å². The molecule has 4 nitrogen and oxygen atoms in total. The number of hydrogen-bond donors (Lipinski definition) is 2. The molecule has 0 amide bonds. The Labute approximate surface area is 250 Å². The summed E-state index contributed by atoms with van der Waals surface area (Å²) in [4.78, 5) is 0. The number of anilines is 3. The Balaban J connectivity index is 0.000000305. The summed E-state index contributed by atoms with van der Waals surface area (Å²) in [6.45, 7) is 23.2. The second-order valence-electron chi connectivity index (χ2n) is 10.0. The molecule has 0 spiro atoms. The van der Waals surface area contributed by atoms with Crippen LogP contribution in [0.15, 0.2) is 123 Å². The molecule has 0 aliphatic carbocycles. The molecular weight excluding hydrogens is 537 g/mol. The molecular formula is C35H48N2O2Si2. The molecule has 0 aliphatic rings. The van der Waals surface area contributed by atoms with Crippen molar-refractivity contribution in [1.29, 1.82) is 0 Å². The Morgan fingerprint density at radius 1 is 0.610 bits per heavy atom. The number of benzene rings is 3. The Kier molecular flexibility index (Phi) is 14.3. The van der Waals surface area contributed by atoms with Gasteiger partial charge in [-0.05, 0) is 91.7 Å². The summed E-state index contributed by atoms with van der Waals surface area (Å²) >= 11 is 0. The van der Waals surface area contributed by atoms with E-state index in [1.807, 2.05) is 43.4 Å². The van der Waals surface area contributed by atoms with Gasteiger partial charge in [0.15, 0.2) is 0 Å². The van der Waals surface area contributed by atoms with Gasteiger partial charge in [-0.25, -0.2) is 0 Å². The van der Waals surface area contributed by atoms with Gasteiger partial charge in [0, 0.05) is 30.3 Å². The van der Waals surface area contributed by atoms with E-state index in [9.17, 15) is 0 Å². The maximum atomic E-state index is 6.24. The highest BCUT2D eigenvalue weighted by atomic mass is 28.4. The minimum absolute atomic E-state index is 0.720. The third-order valence-corrected chi connectivity index (χ3v) is 15.2. The van der Waals surface area contributed by atoms with Crippen LogP contribution in [-0.2, 0) is 8.85 Å². The monoisotopic (exact) mass is 584 g/mol. The molecule has 3 N–H and O–H groups in total. The Bertz CT molecular complexity index is 1200. The number of aryl methyl sites for hydroxylation is 1. The highest BCUT2D eigenvalue weighted by Gasteiger charge is 2.35. The summed E-state index contributed by atoms with van der Waals surface area (Å²) < 4.78 is 12.3. The summed E-state index contributed by atoms with van der Waals surface area (Å²) in [5.41, 5.74) is 9.95. The molecule has 0 radical (unpaired) electrons. The van der Waals surface area contributed by atoms with Gasteiger partial charge in [0.25, 0.3) is 0 Å². The molecule has 3 rings (SSSR count). The van der Waals surface area contributed by atoms with Crippen molar-refractivity contribution in [3.8, 4) is 0 Å². The van der Waals surface area contributed by atoms with E-state index in [1.54, 1.807) is 0 Å². The normalized spacial score (nSPS) is 11.1. The molecule has 6 heteroatoms. The lowest BCUT2D eigenvalue weighted by atomic mass is 10.2. The predicted molar refractivity (Wildman–Crippen MR) is 186 cm³/mol. The van der Waals surface area contributed by atoms with Crippen molar-refractivity contribution in [3.63, 3.8) is 0 Å². The lowest BCUT2D eigenvalue weighted by Gasteiger charge is -2.29. The number of nitrogen functional groups attached to an aromatic ring is 1. The molecule has 0 bridgehead atoms. The van der Waals surface area contributed by atoms with Crippen molar-refractivity contribution in [2.24, 2.45) is 0 Å². The average Bonchev–Trinajstić information content (AvgIpc) is 2.96. The van der Waals surface area contributed by atoms with Gasteiger partial charge in [0.1, 0.15) is 0 Å². The van der Waals surface area contributed by atoms with E-state index in [2.05, 4.69) is 106 Å². The van der Waals surface area contributed by atoms with E-state index in [1.165, 1.54) is 15.9 Å². The van der Waals surface area contributed by atoms with Gasteiger partial charge in [-0.3, -0.25) is 0 Å². The second-order valence-corrected chi connectivity index (χ2v) is 17.4. The fraction of sp³-hybridized carbons (Fsp3) is 0.257. The zero-order chi connectivity index (χ0) is 30.1. The summed E-state index contributed by atoms with van der Waals surface area (Å²) in [6, 6.07) is 28.6. The fourth-order valence-corrected chi connectivity index (χ4v) is 11.6. The number of hydrogen-bond acceptors (Lipinski definition) is 4. The van der Waals surface area contributed by atoms with Crippen LogP contribution in [0.4, 0.5) is 17.1 Å². The van der Waals surface area contributed by atoms with Crippen LogP contribution in [0.3, 0.4) is 0 Å². The van der Waals surface area contributed by atoms with Crippen molar-refractivity contribution in [2.45, 2.75) is 44.9 Å². The average molecular weight is 585 g/mol. The molecule has 0 unspecified atom stereocenters. The number of nitrogens with one attached hydrogen (secondary N) is 1. The van der Waals surface area contributed by atoms with Crippen molar-refractivity contribution in [3.05, 3.63) is 129 Å². The van der Waals surface area contributed by atoms with Gasteiger partial charge >= 0.3 is 0 Å². The SMILES string of the molecule is C=CC[Si](CC=C)(OCC)c1ccc(N)cc1.C=CC[Si](CC=C)(OCC)c1ccc(Nc2ccc(C)cc2)cc1. The molecule has 3 aromatic rings. The zero-order valence-electron chi connectivity index (χ0n) is 25.2. The first-order valence-corrected chi connectivity index (χ1v) is 19.0. The third-order valence-electron chi connectivity index (χ3n) is 6.93. The van der Waals surface area contributed by atoms with Gasteiger partial charge in [-0.2, -0.15) is 0 Å². The van der Waals surface area contributed by atoms with Crippen LogP contribution in [0.25, 0.3) is 0 Å². The summed E-state index contributed by atoms with van der Waals surface area (Å²) in [5.74, 6) is 0. The van der Waals surface area contributed by atoms with E-state index >= 15 is 0 Å². The standard InChI is InChI=1S/C21H27NOSi.C14H21NOSi/c1-5-16-24(17-6-2,23-7-3)21-14-12-20(13-15-21)22-19-10-8-18(4)9-11-19;1-4-11-17(12-5-2,16-6-3)14-9-7-13(15)8-10-14/h5-6,8-15,22H,1-2,7,16-17H2,3-4H3;4-5,7-10H,1-2,6,11-12,15H2,3H3. The molecule has 0 heterocycles. The quantitative estimate of drug-likeness (QED) is 0.101. The maximum Gasteiger partial charge on any atom is 0.231 e. The van der Waals surface area contributed by atoms with Gasteiger partial charge in [0.2, 0.25) is 16.6 Å². The van der Waals surface area contributed by atoms with Gasteiger partial charge in [-0.1, -0.05) is 66.3 Å². The van der Waals surface area contributed by atoms with Gasteiger partial charge in [-0.15, -0.1) is 26.3 Å². The molecule has 0 atom stereocenters. The van der Waals surface area contributed by atoms with Crippen LogP contribution < -0.4 is 21.4 Å². The lowest BCUT2D eigenvalue weighted by molar-refractivity contribution is 0.333.